The van der Waals surface area contributed by atoms with Crippen molar-refractivity contribution in [2.75, 3.05) is 45.3 Å². The van der Waals surface area contributed by atoms with Gasteiger partial charge in [0.25, 0.3) is 0 Å². The molecule has 1 aliphatic heterocycles. The fourth-order valence-corrected chi connectivity index (χ4v) is 5.38. The number of nitriles is 1. The van der Waals surface area contributed by atoms with E-state index in [1.165, 1.54) is 11.1 Å². The summed E-state index contributed by atoms with van der Waals surface area (Å²) in [6.07, 6.45) is 2.79. The summed E-state index contributed by atoms with van der Waals surface area (Å²) in [7, 11) is 3.81. The van der Waals surface area contributed by atoms with Crippen LogP contribution in [-0.2, 0) is 22.7 Å². The van der Waals surface area contributed by atoms with E-state index >= 15 is 0 Å². The highest BCUT2D eigenvalue weighted by Gasteiger charge is 2.22. The summed E-state index contributed by atoms with van der Waals surface area (Å²) in [5.41, 5.74) is 5.75. The maximum atomic E-state index is 11.1. The Bertz CT molecular complexity index is 1240. The zero-order valence-electron chi connectivity index (χ0n) is 21.8. The summed E-state index contributed by atoms with van der Waals surface area (Å²) in [5.74, 6) is 0.857. The van der Waals surface area contributed by atoms with Gasteiger partial charge in [0.05, 0.1) is 23.9 Å². The van der Waals surface area contributed by atoms with E-state index in [1.54, 1.807) is 24.5 Å². The van der Waals surface area contributed by atoms with Crippen molar-refractivity contribution in [2.24, 2.45) is 5.92 Å². The Labute approximate surface area is 223 Å². The Hall–Kier alpha value is -3.25. The van der Waals surface area contributed by atoms with E-state index in [0.29, 0.717) is 24.5 Å². The molecule has 0 saturated carbocycles. The number of nitrogens with zero attached hydrogens (tertiary/aromatic N) is 4. The average Bonchev–Trinajstić information content (AvgIpc) is 3.41. The summed E-state index contributed by atoms with van der Waals surface area (Å²) < 4.78 is 11.5. The molecule has 1 saturated heterocycles. The van der Waals surface area contributed by atoms with Crippen molar-refractivity contribution in [1.29, 1.82) is 5.26 Å². The first-order valence-electron chi connectivity index (χ1n) is 12.6. The van der Waals surface area contributed by atoms with Crippen molar-refractivity contribution in [3.63, 3.8) is 0 Å². The minimum absolute atomic E-state index is 0.150. The maximum Gasteiger partial charge on any atom is 0.185 e. The first-order chi connectivity index (χ1) is 18.0. The number of aryl methyl sites for hydroxylation is 1. The second kappa shape index (κ2) is 12.8. The second-order valence-electron chi connectivity index (χ2n) is 9.58. The van der Waals surface area contributed by atoms with Crippen molar-refractivity contribution in [2.45, 2.75) is 32.9 Å². The number of piperidine rings is 1. The summed E-state index contributed by atoms with van der Waals surface area (Å²) >= 11 is 1.59. The van der Waals surface area contributed by atoms with Gasteiger partial charge in [-0.15, -0.1) is 11.3 Å². The molecule has 3 aromatic rings. The summed E-state index contributed by atoms with van der Waals surface area (Å²) in [6.45, 7) is 6.66. The van der Waals surface area contributed by atoms with Crippen molar-refractivity contribution in [3.05, 3.63) is 64.0 Å². The molecule has 1 aliphatic rings. The number of methoxy groups -OCH3 is 1. The molecule has 0 amide bonds. The lowest BCUT2D eigenvalue weighted by molar-refractivity contribution is -0.111. The second-order valence-corrected chi connectivity index (χ2v) is 10.4. The number of rotatable bonds is 11. The van der Waals surface area contributed by atoms with Crippen molar-refractivity contribution < 1.29 is 14.3 Å². The van der Waals surface area contributed by atoms with Gasteiger partial charge in [-0.3, -0.25) is 4.90 Å². The molecule has 0 bridgehead atoms. The van der Waals surface area contributed by atoms with E-state index in [-0.39, 0.29) is 5.92 Å². The number of aromatic nitrogens is 1. The number of hydrogen-bond donors (Lipinski definition) is 0. The van der Waals surface area contributed by atoms with Gasteiger partial charge in [0.1, 0.15) is 18.6 Å². The number of anilines is 1. The van der Waals surface area contributed by atoms with Crippen molar-refractivity contribution in [3.8, 4) is 23.1 Å². The molecular formula is C29H34N4O3S. The van der Waals surface area contributed by atoms with Crippen LogP contribution in [0.2, 0.25) is 0 Å². The lowest BCUT2D eigenvalue weighted by Gasteiger charge is -2.29. The fraction of sp³-hybridized carbons (Fsp3) is 0.414. The van der Waals surface area contributed by atoms with Crippen LogP contribution in [0.5, 0.6) is 5.75 Å². The van der Waals surface area contributed by atoms with E-state index in [1.807, 2.05) is 17.5 Å². The quantitative estimate of drug-likeness (QED) is 0.328. The number of aldehydes is 1. The third kappa shape index (κ3) is 6.95. The topological polar surface area (TPSA) is 78.7 Å². The highest BCUT2D eigenvalue weighted by Crippen LogP contribution is 2.36. The lowest BCUT2D eigenvalue weighted by atomic mass is 9.99. The molecule has 4 rings (SSSR count). The molecule has 1 fully saturated rings. The normalized spacial score (nSPS) is 14.1. The first kappa shape index (κ1) is 26.8. The van der Waals surface area contributed by atoms with Gasteiger partial charge in [-0.05, 0) is 61.7 Å². The highest BCUT2D eigenvalue weighted by atomic mass is 32.1. The van der Waals surface area contributed by atoms with E-state index in [0.717, 1.165) is 67.3 Å². The molecule has 0 aliphatic carbocycles. The zero-order chi connectivity index (χ0) is 26.2. The SMILES string of the molecule is COCCN(C)Cc1ccc(COc2ccc(C#N)cc2-c2csc(N3CCC(C=O)CC3)n2)c(C)c1. The molecule has 0 atom stereocenters. The van der Waals surface area contributed by atoms with Crippen LogP contribution >= 0.6 is 11.3 Å². The van der Waals surface area contributed by atoms with E-state index < -0.39 is 0 Å². The van der Waals surface area contributed by atoms with Crippen LogP contribution in [0, 0.1) is 24.2 Å². The van der Waals surface area contributed by atoms with Gasteiger partial charge >= 0.3 is 0 Å². The van der Waals surface area contributed by atoms with Gasteiger partial charge in [-0.25, -0.2) is 4.98 Å². The van der Waals surface area contributed by atoms with Crippen molar-refractivity contribution in [1.82, 2.24) is 9.88 Å². The third-order valence-corrected chi connectivity index (χ3v) is 7.70. The molecule has 1 aromatic heterocycles. The first-order valence-corrected chi connectivity index (χ1v) is 13.5. The number of ether oxygens (including phenoxy) is 2. The Morgan fingerprint density at radius 1 is 1.24 bits per heavy atom. The minimum Gasteiger partial charge on any atom is -0.488 e. The largest absolute Gasteiger partial charge is 0.488 e. The number of benzene rings is 2. The Morgan fingerprint density at radius 2 is 2.05 bits per heavy atom. The van der Waals surface area contributed by atoms with Crippen LogP contribution in [-0.4, -0.2) is 56.6 Å². The Morgan fingerprint density at radius 3 is 2.76 bits per heavy atom. The van der Waals surface area contributed by atoms with E-state index in [2.05, 4.69) is 48.0 Å². The third-order valence-electron chi connectivity index (χ3n) is 6.80. The van der Waals surface area contributed by atoms with Crippen LogP contribution < -0.4 is 9.64 Å². The molecular weight excluding hydrogens is 484 g/mol. The monoisotopic (exact) mass is 518 g/mol. The maximum absolute atomic E-state index is 11.1. The van der Waals surface area contributed by atoms with Gasteiger partial charge < -0.3 is 19.2 Å². The molecule has 0 unspecified atom stereocenters. The summed E-state index contributed by atoms with van der Waals surface area (Å²) in [6, 6.07) is 14.2. The fourth-order valence-electron chi connectivity index (χ4n) is 4.50. The number of carbonyl (C=O) groups is 1. The van der Waals surface area contributed by atoms with Gasteiger partial charge in [0.15, 0.2) is 5.13 Å². The van der Waals surface area contributed by atoms with Gasteiger partial charge in [0.2, 0.25) is 0 Å². The predicted octanol–water partition coefficient (Wildman–Crippen LogP) is 5.06. The molecule has 2 heterocycles. The average molecular weight is 519 g/mol. The summed E-state index contributed by atoms with van der Waals surface area (Å²) in [4.78, 5) is 20.4. The van der Waals surface area contributed by atoms with Gasteiger partial charge in [0, 0.05) is 50.2 Å². The van der Waals surface area contributed by atoms with Crippen LogP contribution in [0.1, 0.15) is 35.1 Å². The Balaban J connectivity index is 1.47. The molecule has 7 nitrogen and oxygen atoms in total. The zero-order valence-corrected chi connectivity index (χ0v) is 22.6. The van der Waals surface area contributed by atoms with Crippen LogP contribution in [0.15, 0.2) is 41.8 Å². The number of carbonyl (C=O) groups excluding carboxylic acids is 1. The molecule has 8 heteroatoms. The number of thiazole rings is 1. The number of likely N-dealkylation sites (N-methyl/N-ethyl adjacent to an activating group) is 1. The highest BCUT2D eigenvalue weighted by molar-refractivity contribution is 7.14. The number of hydrogen-bond acceptors (Lipinski definition) is 8. The lowest BCUT2D eigenvalue weighted by Crippen LogP contribution is -2.33. The molecule has 0 radical (unpaired) electrons. The van der Waals surface area contributed by atoms with Crippen molar-refractivity contribution >= 4 is 22.8 Å². The predicted molar refractivity (Wildman–Crippen MR) is 147 cm³/mol. The van der Waals surface area contributed by atoms with Crippen LogP contribution in [0.4, 0.5) is 5.13 Å². The van der Waals surface area contributed by atoms with Gasteiger partial charge in [-0.2, -0.15) is 5.26 Å². The Kier molecular flexibility index (Phi) is 9.29. The van der Waals surface area contributed by atoms with E-state index in [9.17, 15) is 10.1 Å². The van der Waals surface area contributed by atoms with Gasteiger partial charge in [-0.1, -0.05) is 18.2 Å². The smallest absolute Gasteiger partial charge is 0.185 e. The molecule has 0 spiro atoms. The van der Waals surface area contributed by atoms with E-state index in [4.69, 9.17) is 14.5 Å². The van der Waals surface area contributed by atoms with Crippen LogP contribution in [0.25, 0.3) is 11.3 Å². The van der Waals surface area contributed by atoms with Crippen LogP contribution in [0.3, 0.4) is 0 Å². The molecule has 37 heavy (non-hydrogen) atoms. The molecule has 194 valence electrons. The molecule has 0 N–H and O–H groups in total. The molecule has 2 aromatic carbocycles. The standard InChI is InChI=1S/C29H34N4O3S/c1-21-14-24(17-32(2)12-13-35-3)4-6-25(21)19-36-28-7-5-23(16-30)15-26(28)27-20-37-29(31-27)33-10-8-22(18-34)9-11-33/h4-7,14-15,18,20,22H,8-13,17,19H2,1-3H3. The minimum atomic E-state index is 0.150. The summed E-state index contributed by atoms with van der Waals surface area (Å²) in [5, 5.41) is 12.4.